The molecule has 0 saturated heterocycles. The lowest BCUT2D eigenvalue weighted by Crippen LogP contribution is -2.21. The topological polar surface area (TPSA) is 112 Å². The summed E-state index contributed by atoms with van der Waals surface area (Å²) in [5.41, 5.74) is 2.26. The quantitative estimate of drug-likeness (QED) is 0.444. The van der Waals surface area contributed by atoms with Gasteiger partial charge in [0.2, 0.25) is 0 Å². The second kappa shape index (κ2) is 8.84. The summed E-state index contributed by atoms with van der Waals surface area (Å²) in [4.78, 5) is 32.2. The zero-order valence-corrected chi connectivity index (χ0v) is 17.8. The summed E-state index contributed by atoms with van der Waals surface area (Å²) in [6, 6.07) is 13.6. The van der Waals surface area contributed by atoms with Gasteiger partial charge in [0.25, 0.3) is 5.91 Å². The van der Waals surface area contributed by atoms with E-state index in [2.05, 4.69) is 20.4 Å². The molecule has 9 heteroatoms. The number of aromatic nitrogens is 4. The van der Waals surface area contributed by atoms with E-state index in [0.717, 1.165) is 23.4 Å². The smallest absolute Gasteiger partial charge is 0.263 e. The normalized spacial score (nSPS) is 10.7. The number of rotatable bonds is 7. The second-order valence-electron chi connectivity index (χ2n) is 7.21. The van der Waals surface area contributed by atoms with Crippen molar-refractivity contribution in [3.63, 3.8) is 0 Å². The fraction of sp³-hybridized carbons (Fsp3) is 0.174. The number of furan rings is 1. The van der Waals surface area contributed by atoms with Crippen molar-refractivity contribution in [3.8, 4) is 23.2 Å². The minimum absolute atomic E-state index is 0.227. The number of hydrogen-bond donors (Lipinski definition) is 1. The summed E-state index contributed by atoms with van der Waals surface area (Å²) in [5, 5.41) is 7.20. The van der Waals surface area contributed by atoms with Gasteiger partial charge in [-0.3, -0.25) is 9.59 Å². The third kappa shape index (κ3) is 4.72. The highest BCUT2D eigenvalue weighted by molar-refractivity contribution is 5.91. The molecule has 1 amide bonds. The summed E-state index contributed by atoms with van der Waals surface area (Å²) in [6.45, 7) is 5.41. The first kappa shape index (κ1) is 21.0. The molecule has 0 saturated carbocycles. The largest absolute Gasteiger partial charge is 0.484 e. The van der Waals surface area contributed by atoms with Crippen LogP contribution < -0.4 is 10.1 Å². The molecule has 3 aromatic heterocycles. The van der Waals surface area contributed by atoms with Crippen LogP contribution in [0.2, 0.25) is 0 Å². The number of nitrogens with one attached hydrogen (secondary N) is 1. The lowest BCUT2D eigenvalue weighted by atomic mass is 10.2. The predicted molar refractivity (Wildman–Crippen MR) is 117 cm³/mol. The fourth-order valence-corrected chi connectivity index (χ4v) is 3.10. The first-order chi connectivity index (χ1) is 15.4. The maximum Gasteiger partial charge on any atom is 0.263 e. The molecule has 0 radical (unpaired) electrons. The van der Waals surface area contributed by atoms with Gasteiger partial charge in [-0.05, 0) is 63.2 Å². The van der Waals surface area contributed by atoms with Gasteiger partial charge in [0, 0.05) is 17.3 Å². The van der Waals surface area contributed by atoms with Gasteiger partial charge in [0.1, 0.15) is 23.6 Å². The monoisotopic (exact) mass is 431 g/mol. The number of benzene rings is 1. The molecule has 4 aromatic rings. The van der Waals surface area contributed by atoms with Crippen molar-refractivity contribution >= 4 is 18.0 Å². The van der Waals surface area contributed by atoms with Gasteiger partial charge in [0.15, 0.2) is 24.0 Å². The highest BCUT2D eigenvalue weighted by Crippen LogP contribution is 2.23. The Morgan fingerprint density at radius 1 is 1.09 bits per heavy atom. The van der Waals surface area contributed by atoms with Crippen LogP contribution in [0.25, 0.3) is 17.4 Å². The number of carbonyl (C=O) groups is 2. The van der Waals surface area contributed by atoms with Crippen LogP contribution in [0, 0.1) is 20.8 Å². The molecular weight excluding hydrogens is 410 g/mol. The van der Waals surface area contributed by atoms with Gasteiger partial charge in [0.05, 0.1) is 5.69 Å². The maximum atomic E-state index is 12.5. The van der Waals surface area contributed by atoms with E-state index in [4.69, 9.17) is 9.15 Å². The van der Waals surface area contributed by atoms with E-state index < -0.39 is 5.91 Å². The van der Waals surface area contributed by atoms with Crippen LogP contribution >= 0.6 is 0 Å². The molecule has 9 nitrogen and oxygen atoms in total. The number of ether oxygens (including phenoxy) is 1. The van der Waals surface area contributed by atoms with Gasteiger partial charge in [-0.2, -0.15) is 5.10 Å². The highest BCUT2D eigenvalue weighted by Gasteiger charge is 2.15. The molecule has 0 atom stereocenters. The number of anilines is 1. The lowest BCUT2D eigenvalue weighted by molar-refractivity contribution is -0.118. The molecule has 3 heterocycles. The first-order valence-electron chi connectivity index (χ1n) is 9.89. The molecule has 0 aliphatic carbocycles. The number of aldehydes is 1. The highest BCUT2D eigenvalue weighted by atomic mass is 16.5. The molecule has 0 bridgehead atoms. The molecule has 4 rings (SSSR count). The second-order valence-corrected chi connectivity index (χ2v) is 7.21. The van der Waals surface area contributed by atoms with Crippen LogP contribution in [0.1, 0.15) is 27.5 Å². The SMILES string of the molecule is Cc1cc(C)n(-c2cc(NC(=O)COc3ccc(C=O)cc3)nc(-c3ccc(C)o3)n2)n1. The van der Waals surface area contributed by atoms with E-state index in [0.29, 0.717) is 28.7 Å². The predicted octanol–water partition coefficient (Wildman–Crippen LogP) is 3.68. The van der Waals surface area contributed by atoms with Crippen LogP contribution in [0.4, 0.5) is 5.82 Å². The van der Waals surface area contributed by atoms with Crippen molar-refractivity contribution in [2.45, 2.75) is 20.8 Å². The van der Waals surface area contributed by atoms with Crippen LogP contribution in [-0.2, 0) is 4.79 Å². The molecule has 1 N–H and O–H groups in total. The average Bonchev–Trinajstić information content (AvgIpc) is 3.37. The third-order valence-electron chi connectivity index (χ3n) is 4.55. The van der Waals surface area contributed by atoms with Gasteiger partial charge in [-0.25, -0.2) is 14.6 Å². The zero-order chi connectivity index (χ0) is 22.7. The molecule has 1 aromatic carbocycles. The molecule has 0 unspecified atom stereocenters. The summed E-state index contributed by atoms with van der Waals surface area (Å²) in [6.07, 6.45) is 0.740. The van der Waals surface area contributed by atoms with E-state index in [1.54, 1.807) is 41.1 Å². The van der Waals surface area contributed by atoms with Crippen LogP contribution in [0.3, 0.4) is 0 Å². The Balaban J connectivity index is 1.57. The van der Waals surface area contributed by atoms with Crippen molar-refractivity contribution < 1.29 is 18.7 Å². The number of nitrogens with zero attached hydrogens (tertiary/aromatic N) is 4. The lowest BCUT2D eigenvalue weighted by Gasteiger charge is -2.10. The number of aryl methyl sites for hydroxylation is 3. The zero-order valence-electron chi connectivity index (χ0n) is 17.8. The van der Waals surface area contributed by atoms with Gasteiger partial charge in [-0.1, -0.05) is 0 Å². The summed E-state index contributed by atoms with van der Waals surface area (Å²) >= 11 is 0. The van der Waals surface area contributed by atoms with Crippen molar-refractivity contribution in [2.75, 3.05) is 11.9 Å². The Hall–Kier alpha value is -4.27. The minimum Gasteiger partial charge on any atom is -0.484 e. The average molecular weight is 431 g/mol. The van der Waals surface area contributed by atoms with Gasteiger partial charge in [-0.15, -0.1) is 0 Å². The van der Waals surface area contributed by atoms with E-state index in [-0.39, 0.29) is 12.4 Å². The molecule has 162 valence electrons. The Kier molecular flexibility index (Phi) is 5.80. The number of carbonyl (C=O) groups excluding carboxylic acids is 2. The molecule has 32 heavy (non-hydrogen) atoms. The summed E-state index contributed by atoms with van der Waals surface area (Å²) < 4.78 is 12.8. The van der Waals surface area contributed by atoms with Gasteiger partial charge < -0.3 is 14.5 Å². The summed E-state index contributed by atoms with van der Waals surface area (Å²) in [7, 11) is 0. The Bertz CT molecular complexity index is 1270. The Morgan fingerprint density at radius 2 is 1.88 bits per heavy atom. The third-order valence-corrected chi connectivity index (χ3v) is 4.55. The van der Waals surface area contributed by atoms with E-state index in [1.165, 1.54) is 0 Å². The standard InChI is InChI=1S/C23H21N5O4/c1-14-10-15(2)28(27-14)21-11-20(25-23(26-21)19-9-4-16(3)32-19)24-22(30)13-31-18-7-5-17(12-29)6-8-18/h4-12H,13H2,1-3H3,(H,24,25,26,30). The summed E-state index contributed by atoms with van der Waals surface area (Å²) in [5.74, 6) is 2.39. The minimum atomic E-state index is -0.399. The van der Waals surface area contributed by atoms with Gasteiger partial charge >= 0.3 is 0 Å². The van der Waals surface area contributed by atoms with Crippen LogP contribution in [0.15, 0.2) is 52.9 Å². The van der Waals surface area contributed by atoms with E-state index in [9.17, 15) is 9.59 Å². The Labute approximate surface area is 184 Å². The van der Waals surface area contributed by atoms with E-state index in [1.807, 2.05) is 32.9 Å². The van der Waals surface area contributed by atoms with Crippen LogP contribution in [0.5, 0.6) is 5.75 Å². The molecule has 0 aliphatic rings. The molecule has 0 aliphatic heterocycles. The van der Waals surface area contributed by atoms with E-state index >= 15 is 0 Å². The fourth-order valence-electron chi connectivity index (χ4n) is 3.10. The van der Waals surface area contributed by atoms with Crippen molar-refractivity contribution in [3.05, 3.63) is 71.2 Å². The Morgan fingerprint density at radius 3 is 2.50 bits per heavy atom. The van der Waals surface area contributed by atoms with Crippen molar-refractivity contribution in [1.29, 1.82) is 0 Å². The molecule has 0 fully saturated rings. The van der Waals surface area contributed by atoms with Crippen molar-refractivity contribution in [1.82, 2.24) is 19.7 Å². The maximum absolute atomic E-state index is 12.5. The van der Waals surface area contributed by atoms with Crippen LogP contribution in [-0.4, -0.2) is 38.5 Å². The first-order valence-corrected chi connectivity index (χ1v) is 9.89. The van der Waals surface area contributed by atoms with Crippen molar-refractivity contribution in [2.24, 2.45) is 0 Å². The number of hydrogen-bond acceptors (Lipinski definition) is 7. The molecule has 0 spiro atoms. The number of amides is 1. The molecular formula is C23H21N5O4.